The minimum atomic E-state index is -1.33. The third-order valence-electron chi connectivity index (χ3n) is 0.937. The quantitative estimate of drug-likeness (QED) is 0.316. The van der Waals surface area contributed by atoms with Gasteiger partial charge in [-0.2, -0.15) is 0 Å². The normalized spacial score (nSPS) is 12.4. The Bertz CT molecular complexity index is 111. The van der Waals surface area contributed by atoms with Crippen molar-refractivity contribution in [3.8, 4) is 0 Å². The molecule has 0 saturated carbocycles. The van der Waals surface area contributed by atoms with Crippen LogP contribution in [0.2, 0.25) is 0 Å². The molecule has 0 radical (unpaired) electrons. The molecule has 6 heteroatoms. The minimum absolute atomic E-state index is 0. The van der Waals surface area contributed by atoms with E-state index < -0.39 is 12.0 Å². The van der Waals surface area contributed by atoms with Crippen LogP contribution in [0.15, 0.2) is 0 Å². The predicted molar refractivity (Wildman–Crippen MR) is 27.2 cm³/mol. The molecule has 0 rings (SSSR count). The maximum atomic E-state index is 9.95. The number of aliphatic carboxylic acids is 1. The first kappa shape index (κ1) is 13.0. The zero-order valence-electron chi connectivity index (χ0n) is 6.29. The van der Waals surface area contributed by atoms with Gasteiger partial charge in [0.25, 0.3) is 0 Å². The molecule has 0 spiro atoms. The summed E-state index contributed by atoms with van der Waals surface area (Å²) in [7, 11) is 1.40. The molecule has 0 heterocycles. The van der Waals surface area contributed by atoms with Crippen LogP contribution in [-0.2, 0) is 4.79 Å². The van der Waals surface area contributed by atoms with Crippen molar-refractivity contribution in [1.82, 2.24) is 10.6 Å². The van der Waals surface area contributed by atoms with Gasteiger partial charge in [-0.25, -0.2) is 5.43 Å². The van der Waals surface area contributed by atoms with Crippen molar-refractivity contribution in [2.24, 2.45) is 0 Å². The van der Waals surface area contributed by atoms with E-state index in [0.29, 0.717) is 5.17 Å². The summed E-state index contributed by atoms with van der Waals surface area (Å²) in [6.45, 7) is 1.30. The van der Waals surface area contributed by atoms with Gasteiger partial charge in [0.1, 0.15) is 0 Å². The fraction of sp³-hybridized carbons (Fsp3) is 0.750. The first-order chi connectivity index (χ1) is 4.09. The zero-order valence-corrected chi connectivity index (χ0v) is 8.29. The molecule has 5 nitrogen and oxygen atoms in total. The molecule has 2 N–H and O–H groups in total. The van der Waals surface area contributed by atoms with Crippen LogP contribution in [0.5, 0.6) is 0 Å². The number of rotatable bonds is 3. The predicted octanol–water partition coefficient (Wildman–Crippen LogP) is -5.05. The standard InChI is InChI=1S/C4H10N2O3.Na/c1-3(4(7)8)6(9)5-2;/h3,5,9H,1-2H3,(H,7,8);/q;+1/p-1. The summed E-state index contributed by atoms with van der Waals surface area (Å²) >= 11 is 0. The second-order valence-electron chi connectivity index (χ2n) is 1.56. The molecule has 0 aromatic rings. The third kappa shape index (κ3) is 4.21. The number of carbonyl (C=O) groups is 1. The number of carboxylic acid groups (broad SMARTS) is 1. The van der Waals surface area contributed by atoms with Gasteiger partial charge in [-0.1, -0.05) is 0 Å². The summed E-state index contributed by atoms with van der Waals surface area (Å²) < 4.78 is 0. The maximum Gasteiger partial charge on any atom is 1.00 e. The molecule has 0 aromatic carbocycles. The number of nitrogens with one attached hydrogen (secondary N) is 1. The Labute approximate surface area is 81.2 Å². The largest absolute Gasteiger partial charge is 1.00 e. The Morgan fingerprint density at radius 3 is 2.30 bits per heavy atom. The second kappa shape index (κ2) is 6.09. The molecule has 0 bridgehead atoms. The van der Waals surface area contributed by atoms with E-state index in [9.17, 15) is 9.90 Å². The molecule has 0 aliphatic heterocycles. The van der Waals surface area contributed by atoms with E-state index in [1.807, 2.05) is 0 Å². The van der Waals surface area contributed by atoms with E-state index in [1.54, 1.807) is 0 Å². The fourth-order valence-electron chi connectivity index (χ4n) is 0.293. The van der Waals surface area contributed by atoms with Gasteiger partial charge in [0, 0.05) is 7.05 Å². The van der Waals surface area contributed by atoms with Crippen molar-refractivity contribution in [3.63, 3.8) is 0 Å². The van der Waals surface area contributed by atoms with Crippen molar-refractivity contribution in [1.29, 1.82) is 0 Å². The Kier molecular flexibility index (Phi) is 7.90. The van der Waals surface area contributed by atoms with Gasteiger partial charge in [0.05, 0.1) is 12.0 Å². The van der Waals surface area contributed by atoms with E-state index in [2.05, 4.69) is 5.43 Å². The number of hydrogen-bond donors (Lipinski definition) is 2. The summed E-state index contributed by atoms with van der Waals surface area (Å²) in [5, 5.41) is 19.0. The van der Waals surface area contributed by atoms with Crippen molar-refractivity contribution in [2.75, 3.05) is 7.05 Å². The van der Waals surface area contributed by atoms with Crippen molar-refractivity contribution in [3.05, 3.63) is 0 Å². The zero-order chi connectivity index (χ0) is 7.44. The number of nitrogens with zero attached hydrogens (tertiary/aromatic N) is 1. The van der Waals surface area contributed by atoms with Gasteiger partial charge in [-0.3, -0.25) is 5.21 Å². The molecule has 1 unspecified atom stereocenters. The van der Waals surface area contributed by atoms with Gasteiger partial charge >= 0.3 is 29.6 Å². The van der Waals surface area contributed by atoms with Crippen LogP contribution in [0, 0.1) is 0 Å². The van der Waals surface area contributed by atoms with E-state index in [0.717, 1.165) is 0 Å². The Balaban J connectivity index is 0. The number of hydrogen-bond acceptors (Lipinski definition) is 5. The van der Waals surface area contributed by atoms with Gasteiger partial charge in [-0.15, -0.1) is 5.17 Å². The van der Waals surface area contributed by atoms with Crippen molar-refractivity contribution in [2.45, 2.75) is 13.0 Å². The topological polar surface area (TPSA) is 75.6 Å². The Hall–Kier alpha value is 0.350. The van der Waals surface area contributed by atoms with E-state index in [4.69, 9.17) is 5.21 Å². The molecule has 0 aliphatic carbocycles. The van der Waals surface area contributed by atoms with E-state index >= 15 is 0 Å². The van der Waals surface area contributed by atoms with Crippen LogP contribution in [0.4, 0.5) is 0 Å². The molecule has 10 heavy (non-hydrogen) atoms. The molecular weight excluding hydrogens is 147 g/mol. The molecule has 0 fully saturated rings. The Morgan fingerprint density at radius 1 is 1.80 bits per heavy atom. The monoisotopic (exact) mass is 156 g/mol. The van der Waals surface area contributed by atoms with Gasteiger partial charge in [0.15, 0.2) is 0 Å². The van der Waals surface area contributed by atoms with E-state index in [1.165, 1.54) is 14.0 Å². The Morgan fingerprint density at radius 2 is 2.20 bits per heavy atom. The fourth-order valence-corrected chi connectivity index (χ4v) is 0.293. The first-order valence-corrected chi connectivity index (χ1v) is 2.46. The SMILES string of the molecule is CNN(O)C(C)C(=O)[O-].[Na+]. The van der Waals surface area contributed by atoms with Crippen molar-refractivity contribution < 1.29 is 44.7 Å². The first-order valence-electron chi connectivity index (χ1n) is 2.46. The smallest absolute Gasteiger partial charge is 0.548 e. The average Bonchev–Trinajstić information content (AvgIpc) is 1.84. The summed E-state index contributed by atoms with van der Waals surface area (Å²) in [5.41, 5.74) is 2.21. The molecule has 0 aromatic heterocycles. The summed E-state index contributed by atoms with van der Waals surface area (Å²) in [5.74, 6) is -1.33. The van der Waals surface area contributed by atoms with Gasteiger partial charge < -0.3 is 9.90 Å². The van der Waals surface area contributed by atoms with Gasteiger partial charge in [-0.05, 0) is 6.92 Å². The van der Waals surface area contributed by atoms with Crippen LogP contribution in [0.1, 0.15) is 6.92 Å². The number of carbonyl (C=O) groups excluding carboxylic acids is 1. The maximum absolute atomic E-state index is 9.95. The van der Waals surface area contributed by atoms with Gasteiger partial charge in [0.2, 0.25) is 0 Å². The average molecular weight is 156 g/mol. The van der Waals surface area contributed by atoms with E-state index in [-0.39, 0.29) is 29.6 Å². The minimum Gasteiger partial charge on any atom is -0.548 e. The molecule has 54 valence electrons. The summed E-state index contributed by atoms with van der Waals surface area (Å²) in [4.78, 5) is 9.95. The van der Waals surface area contributed by atoms with Crippen LogP contribution < -0.4 is 40.1 Å². The number of hydrazine groups is 1. The molecular formula is C4H9N2NaO3. The van der Waals surface area contributed by atoms with Crippen LogP contribution >= 0.6 is 0 Å². The van der Waals surface area contributed by atoms with Crippen LogP contribution in [0.25, 0.3) is 0 Å². The molecule has 0 saturated heterocycles. The summed E-state index contributed by atoms with van der Waals surface area (Å²) in [6, 6.07) is -1.03. The molecule has 0 amide bonds. The van der Waals surface area contributed by atoms with Crippen molar-refractivity contribution >= 4 is 5.97 Å². The summed E-state index contributed by atoms with van der Waals surface area (Å²) in [6.07, 6.45) is 0. The molecule has 0 aliphatic rings. The van der Waals surface area contributed by atoms with Crippen LogP contribution in [0.3, 0.4) is 0 Å². The van der Waals surface area contributed by atoms with Crippen LogP contribution in [-0.4, -0.2) is 29.4 Å². The number of hydroxylamine groups is 1. The third-order valence-corrected chi connectivity index (χ3v) is 0.937. The number of carboxylic acids is 1. The second-order valence-corrected chi connectivity index (χ2v) is 1.56. The molecule has 1 atom stereocenters.